The fourth-order valence-electron chi connectivity index (χ4n) is 4.13. The lowest BCUT2D eigenvalue weighted by Gasteiger charge is -2.33. The predicted octanol–water partition coefficient (Wildman–Crippen LogP) is 6.63. The first-order valence-corrected chi connectivity index (χ1v) is 11.7. The number of carbonyl (C=O) groups is 1. The second-order valence-electron chi connectivity index (χ2n) is 8.58. The zero-order valence-corrected chi connectivity index (χ0v) is 20.2. The summed E-state index contributed by atoms with van der Waals surface area (Å²) in [6.45, 7) is 9.82. The third kappa shape index (κ3) is 5.79. The van der Waals surface area contributed by atoms with Gasteiger partial charge in [-0.25, -0.2) is 0 Å². The van der Waals surface area contributed by atoms with E-state index in [4.69, 9.17) is 11.6 Å². The van der Waals surface area contributed by atoms with Gasteiger partial charge < -0.3 is 10.2 Å². The highest BCUT2D eigenvalue weighted by Crippen LogP contribution is 2.29. The SMILES string of the molecule is CCN(CC)C(=O)c1ccccc1CC(NC(C)(C)c1ccccc1)c1ccc(Cl)cc1. The molecule has 3 nitrogen and oxygen atoms in total. The zero-order valence-electron chi connectivity index (χ0n) is 19.4. The van der Waals surface area contributed by atoms with Gasteiger partial charge in [0.25, 0.3) is 5.91 Å². The highest BCUT2D eigenvalue weighted by atomic mass is 35.5. The Bertz CT molecular complexity index is 1010. The van der Waals surface area contributed by atoms with Crippen molar-refractivity contribution < 1.29 is 4.79 Å². The third-order valence-electron chi connectivity index (χ3n) is 6.03. The van der Waals surface area contributed by atoms with Crippen molar-refractivity contribution in [3.05, 3.63) is 106 Å². The zero-order chi connectivity index (χ0) is 23.1. The molecule has 3 rings (SSSR count). The molecule has 3 aromatic rings. The second kappa shape index (κ2) is 10.8. The maximum absolute atomic E-state index is 13.2. The number of nitrogens with one attached hydrogen (secondary N) is 1. The minimum Gasteiger partial charge on any atom is -0.339 e. The summed E-state index contributed by atoms with van der Waals surface area (Å²) in [7, 11) is 0. The molecule has 0 aliphatic carbocycles. The van der Waals surface area contributed by atoms with Crippen LogP contribution < -0.4 is 5.32 Å². The summed E-state index contributed by atoms with van der Waals surface area (Å²) >= 11 is 6.17. The van der Waals surface area contributed by atoms with Gasteiger partial charge >= 0.3 is 0 Å². The molecular weight excluding hydrogens is 416 g/mol. The molecule has 1 N–H and O–H groups in total. The van der Waals surface area contributed by atoms with Gasteiger partial charge in [0.15, 0.2) is 0 Å². The van der Waals surface area contributed by atoms with Crippen molar-refractivity contribution in [3.8, 4) is 0 Å². The largest absolute Gasteiger partial charge is 0.339 e. The van der Waals surface area contributed by atoms with Gasteiger partial charge in [-0.05, 0) is 69.0 Å². The Morgan fingerprint density at radius 1 is 0.906 bits per heavy atom. The van der Waals surface area contributed by atoms with Crippen molar-refractivity contribution in [2.24, 2.45) is 0 Å². The van der Waals surface area contributed by atoms with E-state index >= 15 is 0 Å². The molecule has 0 aliphatic rings. The topological polar surface area (TPSA) is 32.3 Å². The first kappa shape index (κ1) is 24.0. The highest BCUT2D eigenvalue weighted by Gasteiger charge is 2.27. The molecule has 168 valence electrons. The molecule has 3 aromatic carbocycles. The molecule has 0 aromatic heterocycles. The maximum Gasteiger partial charge on any atom is 0.254 e. The quantitative estimate of drug-likeness (QED) is 0.398. The Morgan fingerprint density at radius 2 is 1.50 bits per heavy atom. The number of rotatable bonds is 9. The normalized spacial score (nSPS) is 12.4. The summed E-state index contributed by atoms with van der Waals surface area (Å²) in [4.78, 5) is 15.1. The third-order valence-corrected chi connectivity index (χ3v) is 6.28. The molecule has 32 heavy (non-hydrogen) atoms. The Kier molecular flexibility index (Phi) is 8.11. The molecule has 0 heterocycles. The van der Waals surface area contributed by atoms with Crippen LogP contribution in [0.3, 0.4) is 0 Å². The van der Waals surface area contributed by atoms with E-state index in [0.717, 1.165) is 16.7 Å². The Morgan fingerprint density at radius 3 is 2.12 bits per heavy atom. The minimum absolute atomic E-state index is 0.00752. The fraction of sp³-hybridized carbons (Fsp3) is 0.321. The number of carbonyl (C=O) groups excluding carboxylic acids is 1. The van der Waals surface area contributed by atoms with Crippen LogP contribution in [0.2, 0.25) is 5.02 Å². The summed E-state index contributed by atoms with van der Waals surface area (Å²) in [5, 5.41) is 4.56. The molecule has 0 radical (unpaired) electrons. The highest BCUT2D eigenvalue weighted by molar-refractivity contribution is 6.30. The van der Waals surface area contributed by atoms with Crippen molar-refractivity contribution >= 4 is 17.5 Å². The van der Waals surface area contributed by atoms with Crippen LogP contribution in [0.25, 0.3) is 0 Å². The van der Waals surface area contributed by atoms with Crippen LogP contribution in [0.5, 0.6) is 0 Å². The molecule has 0 bridgehead atoms. The van der Waals surface area contributed by atoms with Crippen molar-refractivity contribution in [1.29, 1.82) is 0 Å². The maximum atomic E-state index is 13.2. The van der Waals surface area contributed by atoms with Crippen molar-refractivity contribution in [1.82, 2.24) is 10.2 Å². The predicted molar refractivity (Wildman–Crippen MR) is 134 cm³/mol. The van der Waals surface area contributed by atoms with Gasteiger partial charge in [-0.3, -0.25) is 4.79 Å². The van der Waals surface area contributed by atoms with Gasteiger partial charge in [-0.2, -0.15) is 0 Å². The average Bonchev–Trinajstić information content (AvgIpc) is 2.80. The van der Waals surface area contributed by atoms with E-state index in [0.29, 0.717) is 24.5 Å². The molecule has 1 atom stereocenters. The number of hydrogen-bond donors (Lipinski definition) is 1. The van der Waals surface area contributed by atoms with Crippen LogP contribution in [0, 0.1) is 0 Å². The van der Waals surface area contributed by atoms with E-state index in [1.54, 1.807) is 0 Å². The van der Waals surface area contributed by atoms with E-state index in [2.05, 4.69) is 61.6 Å². The number of amides is 1. The molecule has 1 amide bonds. The lowest BCUT2D eigenvalue weighted by Crippen LogP contribution is -2.40. The van der Waals surface area contributed by atoms with Gasteiger partial charge in [0.05, 0.1) is 0 Å². The van der Waals surface area contributed by atoms with E-state index < -0.39 is 0 Å². The monoisotopic (exact) mass is 448 g/mol. The molecule has 0 fully saturated rings. The van der Waals surface area contributed by atoms with Crippen molar-refractivity contribution in [3.63, 3.8) is 0 Å². The lowest BCUT2D eigenvalue weighted by atomic mass is 9.89. The van der Waals surface area contributed by atoms with Gasteiger partial charge in [0.2, 0.25) is 0 Å². The smallest absolute Gasteiger partial charge is 0.254 e. The molecule has 0 saturated carbocycles. The molecule has 0 aliphatic heterocycles. The van der Waals surface area contributed by atoms with Crippen molar-refractivity contribution in [2.45, 2.75) is 45.7 Å². The Labute approximate surface area is 197 Å². The van der Waals surface area contributed by atoms with Gasteiger partial charge in [-0.15, -0.1) is 0 Å². The van der Waals surface area contributed by atoms with Crippen LogP contribution in [-0.2, 0) is 12.0 Å². The summed E-state index contributed by atoms with van der Waals surface area (Å²) in [6, 6.07) is 26.4. The first-order valence-electron chi connectivity index (χ1n) is 11.3. The van der Waals surface area contributed by atoms with Crippen LogP contribution >= 0.6 is 11.6 Å². The summed E-state index contributed by atoms with van der Waals surface area (Å²) < 4.78 is 0. The van der Waals surface area contributed by atoms with E-state index in [-0.39, 0.29) is 17.5 Å². The number of benzene rings is 3. The van der Waals surface area contributed by atoms with E-state index in [9.17, 15) is 4.79 Å². The molecular formula is C28H33ClN2O. The van der Waals surface area contributed by atoms with Gasteiger partial charge in [-0.1, -0.05) is 72.3 Å². The Hall–Kier alpha value is -2.62. The van der Waals surface area contributed by atoms with Crippen LogP contribution in [0.15, 0.2) is 78.9 Å². The van der Waals surface area contributed by atoms with E-state index in [1.165, 1.54) is 5.56 Å². The van der Waals surface area contributed by atoms with Crippen LogP contribution in [-0.4, -0.2) is 23.9 Å². The van der Waals surface area contributed by atoms with E-state index in [1.807, 2.05) is 55.1 Å². The average molecular weight is 449 g/mol. The Balaban J connectivity index is 1.97. The molecule has 4 heteroatoms. The number of nitrogens with zero attached hydrogens (tertiary/aromatic N) is 1. The van der Waals surface area contributed by atoms with Crippen LogP contribution in [0.1, 0.15) is 60.8 Å². The fourth-order valence-corrected chi connectivity index (χ4v) is 4.26. The lowest BCUT2D eigenvalue weighted by molar-refractivity contribution is 0.0771. The number of halogens is 1. The second-order valence-corrected chi connectivity index (χ2v) is 9.01. The van der Waals surface area contributed by atoms with Gasteiger partial charge in [0, 0.05) is 35.3 Å². The summed E-state index contributed by atoms with van der Waals surface area (Å²) in [6.07, 6.45) is 0.696. The summed E-state index contributed by atoms with van der Waals surface area (Å²) in [5.41, 5.74) is 3.91. The summed E-state index contributed by atoms with van der Waals surface area (Å²) in [5.74, 6) is 0.0859. The molecule has 1 unspecified atom stereocenters. The van der Waals surface area contributed by atoms with Crippen molar-refractivity contribution in [2.75, 3.05) is 13.1 Å². The standard InChI is InChI=1S/C28H33ClN2O/c1-5-31(6-2)27(32)25-15-11-10-12-22(25)20-26(21-16-18-24(29)19-17-21)30-28(3,4)23-13-8-7-9-14-23/h7-19,26,30H,5-6,20H2,1-4H3. The van der Waals surface area contributed by atoms with Gasteiger partial charge in [0.1, 0.15) is 0 Å². The first-order chi connectivity index (χ1) is 15.4. The molecule has 0 saturated heterocycles. The minimum atomic E-state index is -0.261. The van der Waals surface area contributed by atoms with Crippen LogP contribution in [0.4, 0.5) is 0 Å². The molecule has 0 spiro atoms. The number of hydrogen-bond acceptors (Lipinski definition) is 2.